The molecule has 0 radical (unpaired) electrons. The molecule has 1 atom stereocenters. The first-order valence-electron chi connectivity index (χ1n) is 3.87. The van der Waals surface area contributed by atoms with Crippen LogP contribution >= 0.6 is 12.4 Å². The lowest BCUT2D eigenvalue weighted by molar-refractivity contribution is 0.107. The molecule has 5 heteroatoms. The van der Waals surface area contributed by atoms with E-state index in [1.54, 1.807) is 0 Å². The van der Waals surface area contributed by atoms with Gasteiger partial charge in [0.15, 0.2) is 0 Å². The first-order chi connectivity index (χ1) is 6.19. The summed E-state index contributed by atoms with van der Waals surface area (Å²) in [7, 11) is 1.43. The molecule has 0 bridgehead atoms. The molecule has 0 heterocycles. The van der Waals surface area contributed by atoms with Gasteiger partial charge < -0.3 is 10.5 Å². The minimum Gasteiger partial charge on any atom is -0.375 e. The van der Waals surface area contributed by atoms with Crippen molar-refractivity contribution in [3.05, 3.63) is 35.4 Å². The maximum Gasteiger partial charge on any atom is 0.131 e. The highest BCUT2D eigenvalue weighted by molar-refractivity contribution is 5.85. The van der Waals surface area contributed by atoms with E-state index in [4.69, 9.17) is 10.5 Å². The summed E-state index contributed by atoms with van der Waals surface area (Å²) in [4.78, 5) is 0. The predicted molar refractivity (Wildman–Crippen MR) is 52.4 cm³/mol. The van der Waals surface area contributed by atoms with Crippen molar-refractivity contribution in [2.45, 2.75) is 6.10 Å². The normalized spacial score (nSPS) is 12.0. The van der Waals surface area contributed by atoms with E-state index >= 15 is 0 Å². The van der Waals surface area contributed by atoms with Gasteiger partial charge in [0.05, 0.1) is 6.10 Å². The maximum atomic E-state index is 13.1. The van der Waals surface area contributed by atoms with Crippen LogP contribution in [0.1, 0.15) is 11.7 Å². The van der Waals surface area contributed by atoms with Gasteiger partial charge >= 0.3 is 0 Å². The summed E-state index contributed by atoms with van der Waals surface area (Å²) >= 11 is 0. The Balaban J connectivity index is 0.00000169. The van der Waals surface area contributed by atoms with Crippen molar-refractivity contribution in [1.82, 2.24) is 0 Å². The highest BCUT2D eigenvalue weighted by atomic mass is 35.5. The van der Waals surface area contributed by atoms with E-state index in [0.717, 1.165) is 6.07 Å². The highest BCUT2D eigenvalue weighted by Gasteiger charge is 2.13. The fraction of sp³-hybridized carbons (Fsp3) is 0.333. The van der Waals surface area contributed by atoms with E-state index in [9.17, 15) is 8.78 Å². The third kappa shape index (κ3) is 2.90. The largest absolute Gasteiger partial charge is 0.375 e. The lowest BCUT2D eigenvalue weighted by Gasteiger charge is -2.13. The van der Waals surface area contributed by atoms with Gasteiger partial charge in [-0.15, -0.1) is 12.4 Å². The fourth-order valence-corrected chi connectivity index (χ4v) is 1.11. The van der Waals surface area contributed by atoms with Crippen molar-refractivity contribution in [3.8, 4) is 0 Å². The van der Waals surface area contributed by atoms with Crippen molar-refractivity contribution in [2.75, 3.05) is 13.7 Å². The molecule has 1 aromatic carbocycles. The Morgan fingerprint density at radius 2 is 2.07 bits per heavy atom. The van der Waals surface area contributed by atoms with E-state index < -0.39 is 17.7 Å². The van der Waals surface area contributed by atoms with E-state index in [-0.39, 0.29) is 24.5 Å². The highest BCUT2D eigenvalue weighted by Crippen LogP contribution is 2.19. The Morgan fingerprint density at radius 3 is 2.50 bits per heavy atom. The van der Waals surface area contributed by atoms with Crippen LogP contribution in [0.2, 0.25) is 0 Å². The molecular formula is C9H12ClF2NO. The third-order valence-corrected chi connectivity index (χ3v) is 1.81. The van der Waals surface area contributed by atoms with Crippen molar-refractivity contribution in [2.24, 2.45) is 5.73 Å². The number of hydrogen-bond donors (Lipinski definition) is 1. The van der Waals surface area contributed by atoms with Crippen molar-refractivity contribution >= 4 is 12.4 Å². The molecule has 0 spiro atoms. The quantitative estimate of drug-likeness (QED) is 0.851. The summed E-state index contributed by atoms with van der Waals surface area (Å²) in [6.07, 6.45) is -0.513. The van der Waals surface area contributed by atoms with E-state index in [0.29, 0.717) is 0 Å². The van der Waals surface area contributed by atoms with Crippen LogP contribution in [0.4, 0.5) is 8.78 Å². The van der Waals surface area contributed by atoms with Crippen LogP contribution in [-0.2, 0) is 4.74 Å². The number of nitrogens with two attached hydrogens (primary N) is 1. The smallest absolute Gasteiger partial charge is 0.131 e. The Hall–Kier alpha value is -0.710. The number of hydrogen-bond acceptors (Lipinski definition) is 2. The third-order valence-electron chi connectivity index (χ3n) is 1.81. The van der Waals surface area contributed by atoms with Gasteiger partial charge in [0.1, 0.15) is 11.6 Å². The number of benzene rings is 1. The predicted octanol–water partition coefficient (Wildman–Crippen LogP) is 2.03. The molecule has 0 aliphatic rings. The van der Waals surface area contributed by atoms with Crippen LogP contribution in [0.25, 0.3) is 0 Å². The first-order valence-corrected chi connectivity index (χ1v) is 3.87. The lowest BCUT2D eigenvalue weighted by atomic mass is 10.1. The van der Waals surface area contributed by atoms with Crippen LogP contribution < -0.4 is 5.73 Å². The molecule has 2 nitrogen and oxygen atoms in total. The summed E-state index contributed by atoms with van der Waals surface area (Å²) in [6.45, 7) is 0.166. The molecule has 0 aliphatic heterocycles. The minimum atomic E-state index is -0.627. The molecule has 14 heavy (non-hydrogen) atoms. The van der Waals surface area contributed by atoms with Crippen LogP contribution in [0.5, 0.6) is 0 Å². The van der Waals surface area contributed by atoms with Gasteiger partial charge in [-0.1, -0.05) is 6.07 Å². The second-order valence-corrected chi connectivity index (χ2v) is 2.63. The molecule has 0 aromatic heterocycles. The Morgan fingerprint density at radius 1 is 1.43 bits per heavy atom. The van der Waals surface area contributed by atoms with Crippen LogP contribution in [0.15, 0.2) is 18.2 Å². The topological polar surface area (TPSA) is 35.2 Å². The zero-order chi connectivity index (χ0) is 9.84. The second kappa shape index (κ2) is 5.90. The molecule has 0 saturated heterocycles. The van der Waals surface area contributed by atoms with Crippen molar-refractivity contribution in [1.29, 1.82) is 0 Å². The minimum absolute atomic E-state index is 0. The molecular weight excluding hydrogens is 212 g/mol. The van der Waals surface area contributed by atoms with Gasteiger partial charge in [-0.2, -0.15) is 0 Å². The number of halogens is 3. The number of ether oxygens (including phenoxy) is 1. The van der Waals surface area contributed by atoms with Gasteiger partial charge in [0.2, 0.25) is 0 Å². The molecule has 0 fully saturated rings. The van der Waals surface area contributed by atoms with Gasteiger partial charge in [-0.25, -0.2) is 8.78 Å². The molecule has 1 rings (SSSR count). The molecule has 1 aromatic rings. The lowest BCUT2D eigenvalue weighted by Crippen LogP contribution is -2.15. The van der Waals surface area contributed by atoms with Gasteiger partial charge in [0.25, 0.3) is 0 Å². The van der Waals surface area contributed by atoms with Crippen molar-refractivity contribution < 1.29 is 13.5 Å². The summed E-state index contributed by atoms with van der Waals surface area (Å²) in [5, 5.41) is 0. The van der Waals surface area contributed by atoms with Crippen molar-refractivity contribution in [3.63, 3.8) is 0 Å². The zero-order valence-electron chi connectivity index (χ0n) is 7.67. The van der Waals surface area contributed by atoms with E-state index in [1.165, 1.54) is 19.2 Å². The summed E-state index contributed by atoms with van der Waals surface area (Å²) in [5.41, 5.74) is 5.62. The molecule has 2 N–H and O–H groups in total. The van der Waals surface area contributed by atoms with Crippen LogP contribution in [0, 0.1) is 11.6 Å². The molecule has 1 unspecified atom stereocenters. The molecule has 0 saturated carbocycles. The van der Waals surface area contributed by atoms with Gasteiger partial charge in [-0.05, 0) is 6.07 Å². The second-order valence-electron chi connectivity index (χ2n) is 2.63. The average molecular weight is 224 g/mol. The zero-order valence-corrected chi connectivity index (χ0v) is 8.48. The molecule has 0 aliphatic carbocycles. The summed E-state index contributed by atoms with van der Waals surface area (Å²) in [6, 6.07) is 3.34. The Labute approximate surface area is 87.5 Å². The van der Waals surface area contributed by atoms with Crippen LogP contribution in [0.3, 0.4) is 0 Å². The summed E-state index contributed by atoms with van der Waals surface area (Å²) < 4.78 is 30.5. The van der Waals surface area contributed by atoms with Crippen LogP contribution in [-0.4, -0.2) is 13.7 Å². The number of methoxy groups -OCH3 is 1. The van der Waals surface area contributed by atoms with E-state index in [2.05, 4.69) is 0 Å². The standard InChI is InChI=1S/C9H11F2NO.ClH/c1-13-9(5-12)7-3-2-6(10)4-8(7)11;/h2-4,9H,5,12H2,1H3;1H. The first kappa shape index (κ1) is 13.3. The number of rotatable bonds is 3. The monoisotopic (exact) mass is 223 g/mol. The summed E-state index contributed by atoms with van der Waals surface area (Å²) in [5.74, 6) is -1.23. The SMILES string of the molecule is COC(CN)c1ccc(F)cc1F.Cl. The molecule has 0 amide bonds. The Bertz CT molecular complexity index is 292. The van der Waals surface area contributed by atoms with Gasteiger partial charge in [-0.3, -0.25) is 0 Å². The fourth-order valence-electron chi connectivity index (χ4n) is 1.11. The average Bonchev–Trinajstić information content (AvgIpc) is 2.10. The maximum absolute atomic E-state index is 13.1. The molecule has 80 valence electrons. The van der Waals surface area contributed by atoms with Gasteiger partial charge in [0, 0.05) is 25.3 Å². The van der Waals surface area contributed by atoms with E-state index in [1.807, 2.05) is 0 Å². The Kier molecular flexibility index (Phi) is 5.60.